The summed E-state index contributed by atoms with van der Waals surface area (Å²) in [7, 11) is 3.15. The summed E-state index contributed by atoms with van der Waals surface area (Å²) in [6, 6.07) is 3.60. The molecule has 0 saturated carbocycles. The van der Waals surface area contributed by atoms with E-state index in [1.54, 1.807) is 31.0 Å². The molecule has 9 heteroatoms. The molecule has 0 atom stereocenters. The molecule has 0 aliphatic carbocycles. The van der Waals surface area contributed by atoms with Crippen molar-refractivity contribution in [1.29, 1.82) is 0 Å². The quantitative estimate of drug-likeness (QED) is 0.705. The van der Waals surface area contributed by atoms with Crippen molar-refractivity contribution in [3.8, 4) is 23.1 Å². The van der Waals surface area contributed by atoms with Crippen LogP contribution >= 0.6 is 11.6 Å². The van der Waals surface area contributed by atoms with E-state index in [0.29, 0.717) is 35.0 Å². The van der Waals surface area contributed by atoms with Gasteiger partial charge in [-0.25, -0.2) is 15.0 Å². The van der Waals surface area contributed by atoms with Gasteiger partial charge in [-0.15, -0.1) is 10.2 Å². The first-order valence-electron chi connectivity index (χ1n) is 6.64. The van der Waals surface area contributed by atoms with Gasteiger partial charge in [0.1, 0.15) is 17.5 Å². The number of aromatic nitrogens is 6. The maximum atomic E-state index is 5.78. The van der Waals surface area contributed by atoms with Gasteiger partial charge in [0, 0.05) is 13.2 Å². The van der Waals surface area contributed by atoms with E-state index in [0.717, 1.165) is 5.69 Å². The first-order chi connectivity index (χ1) is 11.2. The number of nitrogens with zero attached hydrogens (tertiary/aromatic N) is 6. The number of hydrogen-bond donors (Lipinski definition) is 0. The third-order valence-corrected chi connectivity index (χ3v) is 3.24. The molecule has 3 rings (SSSR count). The van der Waals surface area contributed by atoms with Gasteiger partial charge in [0.2, 0.25) is 5.88 Å². The minimum Gasteiger partial charge on any atom is -0.481 e. The van der Waals surface area contributed by atoms with Crippen molar-refractivity contribution in [3.05, 3.63) is 41.7 Å². The molecule has 23 heavy (non-hydrogen) atoms. The highest BCUT2D eigenvalue weighted by Gasteiger charge is 2.17. The Morgan fingerprint density at radius 1 is 1.04 bits per heavy atom. The molecule has 3 aromatic rings. The second kappa shape index (κ2) is 6.67. The Labute approximate surface area is 137 Å². The molecule has 118 valence electrons. The van der Waals surface area contributed by atoms with Gasteiger partial charge in [-0.05, 0) is 6.07 Å². The summed E-state index contributed by atoms with van der Waals surface area (Å²) in [6.07, 6.45) is 4.66. The Morgan fingerprint density at radius 3 is 2.52 bits per heavy atom. The Morgan fingerprint density at radius 2 is 1.91 bits per heavy atom. The summed E-state index contributed by atoms with van der Waals surface area (Å²) in [4.78, 5) is 12.5. The molecule has 3 heterocycles. The van der Waals surface area contributed by atoms with E-state index in [1.807, 2.05) is 6.07 Å². The van der Waals surface area contributed by atoms with Crippen molar-refractivity contribution in [2.45, 2.75) is 6.61 Å². The fourth-order valence-corrected chi connectivity index (χ4v) is 2.13. The van der Waals surface area contributed by atoms with Crippen LogP contribution in [0.4, 0.5) is 0 Å². The highest BCUT2D eigenvalue weighted by atomic mass is 35.5. The Bertz CT molecular complexity index is 788. The molecule has 0 saturated heterocycles. The molecule has 0 aliphatic rings. The van der Waals surface area contributed by atoms with Crippen LogP contribution in [0.2, 0.25) is 5.15 Å². The zero-order chi connectivity index (χ0) is 16.2. The summed E-state index contributed by atoms with van der Waals surface area (Å²) in [5, 5.41) is 8.64. The lowest BCUT2D eigenvalue weighted by Crippen LogP contribution is -2.05. The highest BCUT2D eigenvalue weighted by Crippen LogP contribution is 2.22. The van der Waals surface area contributed by atoms with Crippen LogP contribution in [-0.2, 0) is 11.3 Å². The van der Waals surface area contributed by atoms with Crippen LogP contribution in [0.5, 0.6) is 5.88 Å². The molecule has 0 fully saturated rings. The fraction of sp³-hybridized carbons (Fsp3) is 0.214. The minimum atomic E-state index is 0.292. The summed E-state index contributed by atoms with van der Waals surface area (Å²) in [5.41, 5.74) is 1.30. The van der Waals surface area contributed by atoms with Crippen molar-refractivity contribution in [2.75, 3.05) is 14.2 Å². The molecule has 0 unspecified atom stereocenters. The van der Waals surface area contributed by atoms with Crippen LogP contribution in [0.1, 0.15) is 5.82 Å². The zero-order valence-corrected chi connectivity index (χ0v) is 13.2. The fourth-order valence-electron chi connectivity index (χ4n) is 2.03. The predicted molar refractivity (Wildman–Crippen MR) is 82.5 cm³/mol. The van der Waals surface area contributed by atoms with Gasteiger partial charge < -0.3 is 9.47 Å². The van der Waals surface area contributed by atoms with Crippen LogP contribution in [0, 0.1) is 0 Å². The summed E-state index contributed by atoms with van der Waals surface area (Å²) in [6.45, 7) is 0.292. The van der Waals surface area contributed by atoms with Crippen molar-refractivity contribution in [1.82, 2.24) is 29.7 Å². The SMILES string of the molecule is COCc1nnc(-c2cnc(Cl)cn2)n1-c1ccc(OC)nc1. The van der Waals surface area contributed by atoms with Gasteiger partial charge in [-0.1, -0.05) is 11.6 Å². The monoisotopic (exact) mass is 332 g/mol. The number of ether oxygens (including phenoxy) is 2. The van der Waals surface area contributed by atoms with Crippen LogP contribution < -0.4 is 4.74 Å². The van der Waals surface area contributed by atoms with Crippen LogP contribution in [0.15, 0.2) is 30.7 Å². The molecule has 0 aromatic carbocycles. The van der Waals surface area contributed by atoms with E-state index in [1.165, 1.54) is 12.4 Å². The average molecular weight is 333 g/mol. The predicted octanol–water partition coefficient (Wildman–Crippen LogP) is 1.93. The standard InChI is InChI=1S/C14H13ClN6O2/c1-22-8-12-19-20-14(10-6-17-11(15)7-16-10)21(12)9-3-4-13(23-2)18-5-9/h3-7H,8H2,1-2H3. The number of rotatable bonds is 5. The minimum absolute atomic E-state index is 0.292. The molecule has 8 nitrogen and oxygen atoms in total. The van der Waals surface area contributed by atoms with Gasteiger partial charge in [0.25, 0.3) is 0 Å². The van der Waals surface area contributed by atoms with Crippen molar-refractivity contribution >= 4 is 11.6 Å². The lowest BCUT2D eigenvalue weighted by molar-refractivity contribution is 0.176. The average Bonchev–Trinajstić information content (AvgIpc) is 3.00. The number of hydrogen-bond acceptors (Lipinski definition) is 7. The molecule has 3 aromatic heterocycles. The van der Waals surface area contributed by atoms with E-state index < -0.39 is 0 Å². The Balaban J connectivity index is 2.11. The van der Waals surface area contributed by atoms with E-state index in [2.05, 4.69) is 25.1 Å². The van der Waals surface area contributed by atoms with Crippen molar-refractivity contribution in [2.24, 2.45) is 0 Å². The first-order valence-corrected chi connectivity index (χ1v) is 7.02. The third-order valence-electron chi connectivity index (χ3n) is 3.04. The Kier molecular flexibility index (Phi) is 4.45. The number of methoxy groups -OCH3 is 2. The van der Waals surface area contributed by atoms with Gasteiger partial charge in [-0.3, -0.25) is 4.57 Å². The molecule has 0 amide bonds. The number of halogens is 1. The normalized spacial score (nSPS) is 10.7. The smallest absolute Gasteiger partial charge is 0.213 e. The maximum absolute atomic E-state index is 5.78. The topological polar surface area (TPSA) is 87.8 Å². The molecular weight excluding hydrogens is 320 g/mol. The van der Waals surface area contributed by atoms with Crippen molar-refractivity contribution in [3.63, 3.8) is 0 Å². The van der Waals surface area contributed by atoms with Gasteiger partial charge in [-0.2, -0.15) is 0 Å². The largest absolute Gasteiger partial charge is 0.481 e. The molecule has 0 N–H and O–H groups in total. The zero-order valence-electron chi connectivity index (χ0n) is 12.5. The third kappa shape index (κ3) is 3.13. The maximum Gasteiger partial charge on any atom is 0.213 e. The lowest BCUT2D eigenvalue weighted by Gasteiger charge is -2.10. The van der Waals surface area contributed by atoms with Gasteiger partial charge in [0.05, 0.1) is 31.4 Å². The second-order valence-electron chi connectivity index (χ2n) is 4.49. The van der Waals surface area contributed by atoms with E-state index >= 15 is 0 Å². The molecular formula is C14H13ClN6O2. The van der Waals surface area contributed by atoms with Gasteiger partial charge in [0.15, 0.2) is 11.6 Å². The van der Waals surface area contributed by atoms with E-state index in [4.69, 9.17) is 21.1 Å². The molecule has 0 aliphatic heterocycles. The van der Waals surface area contributed by atoms with Crippen LogP contribution in [-0.4, -0.2) is 43.9 Å². The Hall–Kier alpha value is -2.58. The summed E-state index contributed by atoms with van der Waals surface area (Å²) < 4.78 is 12.1. The van der Waals surface area contributed by atoms with Crippen LogP contribution in [0.25, 0.3) is 17.2 Å². The van der Waals surface area contributed by atoms with E-state index in [9.17, 15) is 0 Å². The summed E-state index contributed by atoms with van der Waals surface area (Å²) in [5.74, 6) is 1.65. The number of pyridine rings is 1. The molecule has 0 bridgehead atoms. The van der Waals surface area contributed by atoms with Crippen LogP contribution in [0.3, 0.4) is 0 Å². The van der Waals surface area contributed by atoms with E-state index in [-0.39, 0.29) is 0 Å². The second-order valence-corrected chi connectivity index (χ2v) is 4.88. The molecule has 0 spiro atoms. The first kappa shape index (κ1) is 15.3. The summed E-state index contributed by atoms with van der Waals surface area (Å²) >= 11 is 5.78. The lowest BCUT2D eigenvalue weighted by atomic mass is 10.3. The van der Waals surface area contributed by atoms with Gasteiger partial charge >= 0.3 is 0 Å². The molecule has 0 radical (unpaired) electrons. The highest BCUT2D eigenvalue weighted by molar-refractivity contribution is 6.29. The van der Waals surface area contributed by atoms with Crippen molar-refractivity contribution < 1.29 is 9.47 Å².